The molecule has 162 valence electrons. The Bertz CT molecular complexity index is 819. The molecule has 0 bridgehead atoms. The lowest BCUT2D eigenvalue weighted by atomic mass is 9.72. The molecular weight excluding hydrogens is 376 g/mol. The number of nitrogens with one attached hydrogen (secondary N) is 1. The predicted octanol–water partition coefficient (Wildman–Crippen LogP) is 5.30. The van der Waals surface area contributed by atoms with E-state index in [1.54, 1.807) is 6.20 Å². The lowest BCUT2D eigenvalue weighted by Crippen LogP contribution is -2.30. The molecule has 5 heteroatoms. The van der Waals surface area contributed by atoms with Gasteiger partial charge in [-0.05, 0) is 79.0 Å². The van der Waals surface area contributed by atoms with Gasteiger partial charge in [0.15, 0.2) is 0 Å². The van der Waals surface area contributed by atoms with Crippen LogP contribution in [0.2, 0.25) is 0 Å². The molecule has 0 aliphatic heterocycles. The molecule has 0 spiro atoms. The van der Waals surface area contributed by atoms with Crippen molar-refractivity contribution in [2.45, 2.75) is 65.5 Å². The molecule has 1 aliphatic rings. The van der Waals surface area contributed by atoms with Gasteiger partial charge in [-0.2, -0.15) is 0 Å². The average Bonchev–Trinajstić information content (AvgIpc) is 2.72. The largest absolute Gasteiger partial charge is 0.490 e. The van der Waals surface area contributed by atoms with Crippen LogP contribution in [0, 0.1) is 11.3 Å². The minimum absolute atomic E-state index is 0.122. The summed E-state index contributed by atoms with van der Waals surface area (Å²) in [6.45, 7) is 8.10. The smallest absolute Gasteiger partial charge is 0.304 e. The lowest BCUT2D eigenvalue weighted by Gasteiger charge is -2.36. The first-order valence-electron chi connectivity index (χ1n) is 11.0. The third-order valence-electron chi connectivity index (χ3n) is 6.02. The molecule has 1 aromatic carbocycles. The summed E-state index contributed by atoms with van der Waals surface area (Å²) in [5.41, 5.74) is 3.43. The Hall–Kier alpha value is -2.40. The summed E-state index contributed by atoms with van der Waals surface area (Å²) in [6, 6.07) is 12.2. The highest BCUT2D eigenvalue weighted by Crippen LogP contribution is 2.38. The monoisotopic (exact) mass is 410 g/mol. The van der Waals surface area contributed by atoms with E-state index in [1.165, 1.54) is 12.8 Å². The van der Waals surface area contributed by atoms with Crippen molar-refractivity contribution in [1.29, 1.82) is 0 Å². The molecule has 0 unspecified atom stereocenters. The van der Waals surface area contributed by atoms with E-state index in [-0.39, 0.29) is 6.42 Å². The van der Waals surface area contributed by atoms with Crippen molar-refractivity contribution >= 4 is 5.97 Å². The summed E-state index contributed by atoms with van der Waals surface area (Å²) in [4.78, 5) is 15.1. The lowest BCUT2D eigenvalue weighted by molar-refractivity contribution is -0.136. The predicted molar refractivity (Wildman–Crippen MR) is 119 cm³/mol. The third-order valence-corrected chi connectivity index (χ3v) is 6.02. The number of benzene rings is 1. The topological polar surface area (TPSA) is 71.5 Å². The number of carboxylic acids is 1. The number of aliphatic carboxylic acids is 1. The number of ether oxygens (including phenoxy) is 1. The third kappa shape index (κ3) is 6.56. The molecule has 2 aromatic rings. The molecule has 0 radical (unpaired) electrons. The summed E-state index contributed by atoms with van der Waals surface area (Å²) in [7, 11) is 0. The Morgan fingerprint density at radius 1 is 1.13 bits per heavy atom. The Morgan fingerprint density at radius 2 is 1.83 bits per heavy atom. The second-order valence-corrected chi connectivity index (χ2v) is 9.35. The SMILES string of the molecule is CC(C)(C)[C@H]1CC[C@H](Oc2ccc(-c3cc(CNCCC(=O)O)ccn3)cc2)CC1. The Balaban J connectivity index is 1.53. The number of hydrogen-bond acceptors (Lipinski definition) is 4. The van der Waals surface area contributed by atoms with E-state index in [0.717, 1.165) is 41.3 Å². The number of hydrogen-bond donors (Lipinski definition) is 2. The van der Waals surface area contributed by atoms with Crippen molar-refractivity contribution in [3.05, 3.63) is 48.2 Å². The van der Waals surface area contributed by atoms with Crippen LogP contribution in [-0.2, 0) is 11.3 Å². The highest BCUT2D eigenvalue weighted by molar-refractivity contribution is 5.66. The summed E-state index contributed by atoms with van der Waals surface area (Å²) in [5.74, 6) is 0.920. The van der Waals surface area contributed by atoms with Crippen LogP contribution in [-0.4, -0.2) is 28.7 Å². The van der Waals surface area contributed by atoms with E-state index >= 15 is 0 Å². The van der Waals surface area contributed by atoms with E-state index in [4.69, 9.17) is 9.84 Å². The highest BCUT2D eigenvalue weighted by Gasteiger charge is 2.30. The summed E-state index contributed by atoms with van der Waals surface area (Å²) in [6.07, 6.45) is 6.96. The maximum Gasteiger partial charge on any atom is 0.304 e. The summed E-state index contributed by atoms with van der Waals surface area (Å²) < 4.78 is 6.24. The van der Waals surface area contributed by atoms with Gasteiger partial charge < -0.3 is 15.2 Å². The van der Waals surface area contributed by atoms with Gasteiger partial charge >= 0.3 is 5.97 Å². The van der Waals surface area contributed by atoms with Gasteiger partial charge in [0.25, 0.3) is 0 Å². The Kier molecular flexibility index (Phi) is 7.48. The molecule has 5 nitrogen and oxygen atoms in total. The Labute approximate surface area is 179 Å². The van der Waals surface area contributed by atoms with Crippen LogP contribution >= 0.6 is 0 Å². The van der Waals surface area contributed by atoms with Gasteiger partial charge in [0.05, 0.1) is 18.2 Å². The molecule has 1 heterocycles. The minimum Gasteiger partial charge on any atom is -0.490 e. The van der Waals surface area contributed by atoms with E-state index in [2.05, 4.69) is 43.2 Å². The number of aromatic nitrogens is 1. The van der Waals surface area contributed by atoms with Crippen LogP contribution in [0.3, 0.4) is 0 Å². The molecule has 1 fully saturated rings. The molecule has 1 saturated carbocycles. The van der Waals surface area contributed by atoms with Crippen molar-refractivity contribution < 1.29 is 14.6 Å². The van der Waals surface area contributed by atoms with Crippen LogP contribution in [0.1, 0.15) is 58.4 Å². The molecule has 1 aromatic heterocycles. The van der Waals surface area contributed by atoms with Crippen LogP contribution in [0.4, 0.5) is 0 Å². The fraction of sp³-hybridized carbons (Fsp3) is 0.520. The zero-order chi connectivity index (χ0) is 21.6. The molecule has 0 atom stereocenters. The van der Waals surface area contributed by atoms with Gasteiger partial charge in [-0.1, -0.05) is 20.8 Å². The van der Waals surface area contributed by atoms with Crippen molar-refractivity contribution in [1.82, 2.24) is 10.3 Å². The van der Waals surface area contributed by atoms with Crippen LogP contribution in [0.15, 0.2) is 42.6 Å². The minimum atomic E-state index is -0.789. The molecule has 30 heavy (non-hydrogen) atoms. The maximum atomic E-state index is 10.6. The number of pyridine rings is 1. The van der Waals surface area contributed by atoms with Crippen molar-refractivity contribution in [3.8, 4) is 17.0 Å². The number of nitrogens with zero attached hydrogens (tertiary/aromatic N) is 1. The molecular formula is C25H34N2O3. The van der Waals surface area contributed by atoms with Crippen molar-refractivity contribution in [3.63, 3.8) is 0 Å². The Morgan fingerprint density at radius 3 is 2.47 bits per heavy atom. The fourth-order valence-electron chi connectivity index (χ4n) is 4.11. The van der Waals surface area contributed by atoms with Crippen LogP contribution in [0.25, 0.3) is 11.3 Å². The number of rotatable bonds is 8. The molecule has 0 amide bonds. The van der Waals surface area contributed by atoms with Crippen molar-refractivity contribution in [2.75, 3.05) is 6.54 Å². The molecule has 1 aliphatic carbocycles. The molecule has 3 rings (SSSR count). The first-order valence-corrected chi connectivity index (χ1v) is 11.0. The van der Waals surface area contributed by atoms with Gasteiger partial charge in [-0.3, -0.25) is 9.78 Å². The zero-order valence-corrected chi connectivity index (χ0v) is 18.4. The molecule has 0 saturated heterocycles. The van der Waals surface area contributed by atoms with E-state index in [9.17, 15) is 4.79 Å². The summed E-state index contributed by atoms with van der Waals surface area (Å²) >= 11 is 0. The van der Waals surface area contributed by atoms with Gasteiger partial charge in [-0.15, -0.1) is 0 Å². The van der Waals surface area contributed by atoms with Crippen LogP contribution < -0.4 is 10.1 Å². The first-order chi connectivity index (χ1) is 14.3. The second kappa shape index (κ2) is 10.1. The molecule has 2 N–H and O–H groups in total. The van der Waals surface area contributed by atoms with Gasteiger partial charge in [0, 0.05) is 24.8 Å². The van der Waals surface area contributed by atoms with E-state index in [1.807, 2.05) is 24.3 Å². The fourth-order valence-corrected chi connectivity index (χ4v) is 4.11. The highest BCUT2D eigenvalue weighted by atomic mass is 16.5. The average molecular weight is 411 g/mol. The zero-order valence-electron chi connectivity index (χ0n) is 18.4. The normalized spacial score (nSPS) is 19.4. The van der Waals surface area contributed by atoms with E-state index < -0.39 is 5.97 Å². The second-order valence-electron chi connectivity index (χ2n) is 9.35. The van der Waals surface area contributed by atoms with Crippen molar-refractivity contribution in [2.24, 2.45) is 11.3 Å². The van der Waals surface area contributed by atoms with E-state index in [0.29, 0.717) is 24.6 Å². The summed E-state index contributed by atoms with van der Waals surface area (Å²) in [5, 5.41) is 11.9. The van der Waals surface area contributed by atoms with Gasteiger partial charge in [-0.25, -0.2) is 0 Å². The number of carboxylic acid groups (broad SMARTS) is 1. The van der Waals surface area contributed by atoms with Crippen LogP contribution in [0.5, 0.6) is 5.75 Å². The van der Waals surface area contributed by atoms with Gasteiger partial charge in [0.1, 0.15) is 5.75 Å². The van der Waals surface area contributed by atoms with Gasteiger partial charge in [0.2, 0.25) is 0 Å². The maximum absolute atomic E-state index is 10.6. The quantitative estimate of drug-likeness (QED) is 0.578. The number of carbonyl (C=O) groups is 1. The first kappa shape index (κ1) is 22.3. The standard InChI is InChI=1S/C25H34N2O3/c1-25(2,3)20-6-10-22(11-7-20)30-21-8-4-19(5-9-21)23-16-18(12-15-27-23)17-26-14-13-24(28)29/h4-5,8-9,12,15-16,20,22,26H,6-7,10-11,13-14,17H2,1-3H3,(H,28,29)/t20-,22-.